The van der Waals surface area contributed by atoms with Crippen molar-refractivity contribution in [3.63, 3.8) is 0 Å². The Bertz CT molecular complexity index is 358. The molecule has 2 amide bonds. The molecule has 0 spiro atoms. The van der Waals surface area contributed by atoms with Crippen LogP contribution in [0.1, 0.15) is 33.1 Å². The Morgan fingerprint density at radius 1 is 1.40 bits per heavy atom. The highest BCUT2D eigenvalue weighted by Crippen LogP contribution is 2.15. The molecule has 0 aliphatic carbocycles. The van der Waals surface area contributed by atoms with Crippen molar-refractivity contribution < 1.29 is 14.4 Å². The summed E-state index contributed by atoms with van der Waals surface area (Å²) in [5.41, 5.74) is 0. The number of nitrogens with one attached hydrogen (secondary N) is 2. The number of carbonyl (C=O) groups excluding carboxylic acids is 3. The molecule has 20 heavy (non-hydrogen) atoms. The molecule has 0 aromatic carbocycles. The first kappa shape index (κ1) is 16.6. The number of carbonyl (C=O) groups is 3. The molecule has 2 N–H and O–H groups in total. The SMILES string of the molecule is CC(C)C[C@H](NC(=O)C1CCCN1C)C(=O)NCC=O. The van der Waals surface area contributed by atoms with Crippen LogP contribution in [0.15, 0.2) is 0 Å². The van der Waals surface area contributed by atoms with E-state index in [2.05, 4.69) is 10.6 Å². The van der Waals surface area contributed by atoms with Crippen molar-refractivity contribution >= 4 is 18.1 Å². The van der Waals surface area contributed by atoms with Gasteiger partial charge in [-0.15, -0.1) is 0 Å². The van der Waals surface area contributed by atoms with Crippen molar-refractivity contribution in [3.05, 3.63) is 0 Å². The highest BCUT2D eigenvalue weighted by molar-refractivity contribution is 5.90. The van der Waals surface area contributed by atoms with Gasteiger partial charge in [-0.2, -0.15) is 0 Å². The van der Waals surface area contributed by atoms with Crippen LogP contribution in [0.25, 0.3) is 0 Å². The zero-order valence-electron chi connectivity index (χ0n) is 12.5. The molecular formula is C14H25N3O3. The average molecular weight is 283 g/mol. The van der Waals surface area contributed by atoms with Gasteiger partial charge < -0.3 is 15.4 Å². The van der Waals surface area contributed by atoms with E-state index in [1.54, 1.807) is 0 Å². The molecule has 0 radical (unpaired) electrons. The molecule has 2 atom stereocenters. The molecular weight excluding hydrogens is 258 g/mol. The van der Waals surface area contributed by atoms with E-state index in [1.807, 2.05) is 25.8 Å². The summed E-state index contributed by atoms with van der Waals surface area (Å²) in [7, 11) is 1.92. The van der Waals surface area contributed by atoms with Gasteiger partial charge in [-0.3, -0.25) is 14.5 Å². The Balaban J connectivity index is 2.61. The van der Waals surface area contributed by atoms with Crippen molar-refractivity contribution in [1.82, 2.24) is 15.5 Å². The largest absolute Gasteiger partial charge is 0.348 e. The fraction of sp³-hybridized carbons (Fsp3) is 0.786. The Morgan fingerprint density at radius 2 is 2.10 bits per heavy atom. The minimum atomic E-state index is -0.573. The fourth-order valence-electron chi connectivity index (χ4n) is 2.48. The first-order valence-corrected chi connectivity index (χ1v) is 7.17. The van der Waals surface area contributed by atoms with E-state index >= 15 is 0 Å². The number of likely N-dealkylation sites (N-methyl/N-ethyl adjacent to an activating group) is 1. The number of nitrogens with zero attached hydrogens (tertiary/aromatic N) is 1. The lowest BCUT2D eigenvalue weighted by Gasteiger charge is -2.24. The minimum Gasteiger partial charge on any atom is -0.348 e. The number of hydrogen-bond donors (Lipinski definition) is 2. The van der Waals surface area contributed by atoms with Crippen LogP contribution in [-0.2, 0) is 14.4 Å². The molecule has 1 aliphatic heterocycles. The number of aldehydes is 1. The highest BCUT2D eigenvalue weighted by Gasteiger charge is 2.31. The quantitative estimate of drug-likeness (QED) is 0.641. The van der Waals surface area contributed by atoms with E-state index in [9.17, 15) is 14.4 Å². The molecule has 1 aliphatic rings. The monoisotopic (exact) mass is 283 g/mol. The first-order valence-electron chi connectivity index (χ1n) is 7.17. The predicted molar refractivity (Wildman–Crippen MR) is 76.1 cm³/mol. The molecule has 0 bridgehead atoms. The van der Waals surface area contributed by atoms with Gasteiger partial charge in [0.2, 0.25) is 11.8 Å². The van der Waals surface area contributed by atoms with Crippen LogP contribution in [0.4, 0.5) is 0 Å². The Labute approximate surface area is 120 Å². The van der Waals surface area contributed by atoms with Gasteiger partial charge in [0.05, 0.1) is 12.6 Å². The van der Waals surface area contributed by atoms with Gasteiger partial charge >= 0.3 is 0 Å². The van der Waals surface area contributed by atoms with Crippen LogP contribution in [0.2, 0.25) is 0 Å². The Morgan fingerprint density at radius 3 is 2.60 bits per heavy atom. The van der Waals surface area contributed by atoms with Gasteiger partial charge in [0.1, 0.15) is 12.3 Å². The highest BCUT2D eigenvalue weighted by atomic mass is 16.2. The number of hydrogen-bond acceptors (Lipinski definition) is 4. The zero-order valence-corrected chi connectivity index (χ0v) is 12.5. The molecule has 6 heteroatoms. The van der Waals surface area contributed by atoms with Crippen LogP contribution in [-0.4, -0.2) is 55.2 Å². The van der Waals surface area contributed by atoms with Crippen molar-refractivity contribution in [2.24, 2.45) is 5.92 Å². The van der Waals surface area contributed by atoms with Crippen LogP contribution in [0.3, 0.4) is 0 Å². The topological polar surface area (TPSA) is 78.5 Å². The lowest BCUT2D eigenvalue weighted by Crippen LogP contribution is -2.52. The average Bonchev–Trinajstić information content (AvgIpc) is 2.80. The maximum Gasteiger partial charge on any atom is 0.242 e. The summed E-state index contributed by atoms with van der Waals surface area (Å²) in [4.78, 5) is 36.5. The predicted octanol–water partition coefficient (Wildman–Crippen LogP) is -0.0734. The van der Waals surface area contributed by atoms with Gasteiger partial charge in [0, 0.05) is 0 Å². The summed E-state index contributed by atoms with van der Waals surface area (Å²) in [6.07, 6.45) is 3.03. The van der Waals surface area contributed by atoms with Gasteiger partial charge in [-0.25, -0.2) is 0 Å². The van der Waals surface area contributed by atoms with Crippen LogP contribution in [0, 0.1) is 5.92 Å². The van der Waals surface area contributed by atoms with Gasteiger partial charge in [-0.05, 0) is 38.8 Å². The van der Waals surface area contributed by atoms with E-state index in [1.165, 1.54) is 0 Å². The normalized spacial score (nSPS) is 20.7. The molecule has 0 aromatic heterocycles. The van der Waals surface area contributed by atoms with Gasteiger partial charge in [-0.1, -0.05) is 13.8 Å². The Kier molecular flexibility index (Phi) is 6.64. The number of rotatable bonds is 7. The van der Waals surface area contributed by atoms with Crippen molar-refractivity contribution in [1.29, 1.82) is 0 Å². The third-order valence-electron chi connectivity index (χ3n) is 3.52. The summed E-state index contributed by atoms with van der Waals surface area (Å²) in [5, 5.41) is 5.33. The van der Waals surface area contributed by atoms with E-state index < -0.39 is 6.04 Å². The number of likely N-dealkylation sites (tertiary alicyclic amines) is 1. The lowest BCUT2D eigenvalue weighted by molar-refractivity contribution is -0.131. The van der Waals surface area contributed by atoms with Crippen LogP contribution >= 0.6 is 0 Å². The van der Waals surface area contributed by atoms with E-state index in [0.717, 1.165) is 19.4 Å². The Hall–Kier alpha value is -1.43. The molecule has 114 valence electrons. The van der Waals surface area contributed by atoms with Crippen molar-refractivity contribution in [2.45, 2.75) is 45.2 Å². The van der Waals surface area contributed by atoms with E-state index in [4.69, 9.17) is 0 Å². The maximum absolute atomic E-state index is 12.2. The third-order valence-corrected chi connectivity index (χ3v) is 3.52. The molecule has 1 heterocycles. The molecule has 1 fully saturated rings. The smallest absolute Gasteiger partial charge is 0.242 e. The molecule has 1 saturated heterocycles. The summed E-state index contributed by atoms with van der Waals surface area (Å²) >= 11 is 0. The molecule has 0 saturated carbocycles. The second-order valence-corrected chi connectivity index (χ2v) is 5.74. The molecule has 1 unspecified atom stereocenters. The second-order valence-electron chi connectivity index (χ2n) is 5.74. The minimum absolute atomic E-state index is 0.0212. The zero-order chi connectivity index (χ0) is 15.1. The van der Waals surface area contributed by atoms with E-state index in [0.29, 0.717) is 12.7 Å². The van der Waals surface area contributed by atoms with Crippen molar-refractivity contribution in [3.8, 4) is 0 Å². The van der Waals surface area contributed by atoms with Crippen molar-refractivity contribution in [2.75, 3.05) is 20.1 Å². The molecule has 0 aromatic rings. The second kappa shape index (κ2) is 7.99. The first-order chi connectivity index (χ1) is 9.45. The van der Waals surface area contributed by atoms with E-state index in [-0.39, 0.29) is 30.3 Å². The van der Waals surface area contributed by atoms with Gasteiger partial charge in [0.25, 0.3) is 0 Å². The third kappa shape index (κ3) is 4.92. The summed E-state index contributed by atoms with van der Waals surface area (Å²) in [6.45, 7) is 4.87. The summed E-state index contributed by atoms with van der Waals surface area (Å²) in [5.74, 6) is -0.111. The van der Waals surface area contributed by atoms with Gasteiger partial charge in [0.15, 0.2) is 0 Å². The molecule has 1 rings (SSSR count). The maximum atomic E-state index is 12.2. The fourth-order valence-corrected chi connectivity index (χ4v) is 2.48. The van der Waals surface area contributed by atoms with Crippen LogP contribution in [0.5, 0.6) is 0 Å². The summed E-state index contributed by atoms with van der Waals surface area (Å²) < 4.78 is 0. The molecule has 6 nitrogen and oxygen atoms in total. The van der Waals surface area contributed by atoms with Crippen LogP contribution < -0.4 is 10.6 Å². The summed E-state index contributed by atoms with van der Waals surface area (Å²) in [6, 6.07) is -0.722. The standard InChI is InChI=1S/C14H25N3O3/c1-10(2)9-11(13(19)15-6-8-18)16-14(20)12-5-4-7-17(12)3/h8,10-12H,4-7,9H2,1-3H3,(H,15,19)(H,16,20)/t11-,12?/m0/s1. The lowest BCUT2D eigenvalue weighted by atomic mass is 10.0. The number of amides is 2.